The lowest BCUT2D eigenvalue weighted by atomic mass is 9.74. The first-order valence-corrected chi connectivity index (χ1v) is 8.39. The molecular weight excluding hydrogens is 330 g/mol. The maximum absolute atomic E-state index is 12.6. The highest BCUT2D eigenvalue weighted by molar-refractivity contribution is 6.07. The molecule has 2 aromatic rings. The minimum Gasteiger partial charge on any atom is -0.468 e. The van der Waals surface area contributed by atoms with Crippen molar-refractivity contribution >= 4 is 28.4 Å². The van der Waals surface area contributed by atoms with Crippen molar-refractivity contribution in [3.05, 3.63) is 59.3 Å². The number of rotatable bonds is 3. The van der Waals surface area contributed by atoms with E-state index in [0.29, 0.717) is 17.0 Å². The summed E-state index contributed by atoms with van der Waals surface area (Å²) in [6, 6.07) is 13.8. The van der Waals surface area contributed by atoms with Gasteiger partial charge in [-0.2, -0.15) is 0 Å². The number of hydrogen-bond donors (Lipinski definition) is 0. The van der Waals surface area contributed by atoms with Crippen molar-refractivity contribution in [3.63, 3.8) is 0 Å². The largest absolute Gasteiger partial charge is 0.468 e. The van der Waals surface area contributed by atoms with Crippen LogP contribution in [0, 0.1) is 5.92 Å². The van der Waals surface area contributed by atoms with E-state index in [1.54, 1.807) is 13.8 Å². The van der Waals surface area contributed by atoms with Gasteiger partial charge in [-0.15, -0.1) is 0 Å². The van der Waals surface area contributed by atoms with Gasteiger partial charge in [-0.1, -0.05) is 42.5 Å². The van der Waals surface area contributed by atoms with Crippen LogP contribution in [0.15, 0.2) is 58.7 Å². The highest BCUT2D eigenvalue weighted by Gasteiger charge is 2.42. The van der Waals surface area contributed by atoms with Crippen LogP contribution in [0.4, 0.5) is 0 Å². The summed E-state index contributed by atoms with van der Waals surface area (Å²) in [5, 5.41) is 2.02. The van der Waals surface area contributed by atoms with Crippen molar-refractivity contribution in [1.29, 1.82) is 0 Å². The lowest BCUT2D eigenvalue weighted by Gasteiger charge is -2.31. The molecule has 1 heterocycles. The Morgan fingerprint density at radius 1 is 0.962 bits per heavy atom. The molecule has 0 saturated carbocycles. The second kappa shape index (κ2) is 7.12. The third-order valence-electron chi connectivity index (χ3n) is 4.85. The molecule has 0 amide bonds. The summed E-state index contributed by atoms with van der Waals surface area (Å²) in [6.07, 6.45) is 0. The van der Waals surface area contributed by atoms with Gasteiger partial charge < -0.3 is 9.47 Å². The Kier molecular flexibility index (Phi) is 4.89. The van der Waals surface area contributed by atoms with E-state index in [9.17, 15) is 9.59 Å². The zero-order valence-corrected chi connectivity index (χ0v) is 15.3. The molecule has 1 aliphatic rings. The molecule has 2 unspecified atom stereocenters. The second-order valence-electron chi connectivity index (χ2n) is 6.29. The first-order chi connectivity index (χ1) is 12.5. The molecule has 1 aliphatic heterocycles. The lowest BCUT2D eigenvalue weighted by Crippen LogP contribution is -2.36. The van der Waals surface area contributed by atoms with Gasteiger partial charge in [-0.25, -0.2) is 4.79 Å². The summed E-state index contributed by atoms with van der Waals surface area (Å²) in [6.45, 7) is 3.55. The van der Waals surface area contributed by atoms with Gasteiger partial charge in [0.15, 0.2) is 0 Å². The number of fused-ring (bicyclic) bond motifs is 1. The average molecular weight is 351 g/mol. The van der Waals surface area contributed by atoms with Crippen LogP contribution >= 0.6 is 0 Å². The van der Waals surface area contributed by atoms with E-state index in [-0.39, 0.29) is 0 Å². The van der Waals surface area contributed by atoms with Crippen molar-refractivity contribution in [2.45, 2.75) is 19.8 Å². The van der Waals surface area contributed by atoms with Crippen molar-refractivity contribution in [1.82, 2.24) is 0 Å². The van der Waals surface area contributed by atoms with Gasteiger partial charge in [0.1, 0.15) is 5.92 Å². The molecule has 0 aliphatic carbocycles. The molecule has 26 heavy (non-hydrogen) atoms. The minimum absolute atomic E-state index is 0.393. The molecule has 5 nitrogen and oxygen atoms in total. The molecular formula is C21H21NO4. The summed E-state index contributed by atoms with van der Waals surface area (Å²) in [7, 11) is 2.68. The summed E-state index contributed by atoms with van der Waals surface area (Å²) in [5.41, 5.74) is 2.46. The highest BCUT2D eigenvalue weighted by atomic mass is 16.5. The van der Waals surface area contributed by atoms with Crippen LogP contribution in [-0.2, 0) is 19.1 Å². The Labute approximate surface area is 152 Å². The number of hydrogen-bond acceptors (Lipinski definition) is 5. The van der Waals surface area contributed by atoms with E-state index < -0.39 is 23.8 Å². The van der Waals surface area contributed by atoms with Gasteiger partial charge in [-0.3, -0.25) is 9.79 Å². The zero-order valence-electron chi connectivity index (χ0n) is 15.3. The molecule has 5 heteroatoms. The third-order valence-corrected chi connectivity index (χ3v) is 4.85. The summed E-state index contributed by atoms with van der Waals surface area (Å²) in [4.78, 5) is 29.6. The number of ether oxygens (including phenoxy) is 2. The fraction of sp³-hybridized carbons (Fsp3) is 0.286. The van der Waals surface area contributed by atoms with E-state index >= 15 is 0 Å². The molecule has 0 saturated heterocycles. The second-order valence-corrected chi connectivity index (χ2v) is 6.29. The van der Waals surface area contributed by atoms with Gasteiger partial charge in [0.2, 0.25) is 0 Å². The normalized spacial score (nSPS) is 19.9. The van der Waals surface area contributed by atoms with Gasteiger partial charge >= 0.3 is 11.9 Å². The average Bonchev–Trinajstić information content (AvgIpc) is 2.65. The summed E-state index contributed by atoms with van der Waals surface area (Å²) < 4.78 is 10.0. The number of esters is 2. The first kappa shape index (κ1) is 17.9. The van der Waals surface area contributed by atoms with Crippen LogP contribution in [0.25, 0.3) is 10.8 Å². The summed E-state index contributed by atoms with van der Waals surface area (Å²) >= 11 is 0. The van der Waals surface area contributed by atoms with Crippen molar-refractivity contribution in [2.24, 2.45) is 10.9 Å². The summed E-state index contributed by atoms with van der Waals surface area (Å²) in [5.74, 6) is -2.09. The number of methoxy groups -OCH3 is 2. The maximum atomic E-state index is 12.6. The Balaban J connectivity index is 2.31. The van der Waals surface area contributed by atoms with Gasteiger partial charge in [-0.05, 0) is 30.2 Å². The standard InChI is InChI=1S/C21H21NO4/c1-12-17(20(23)25-3)19(18(13(2)22-12)21(24)26-4)16-11-7-9-14-8-5-6-10-15(14)16/h5-11,17,19H,1-4H3. The number of benzene rings is 2. The van der Waals surface area contributed by atoms with Crippen LogP contribution < -0.4 is 0 Å². The van der Waals surface area contributed by atoms with Crippen molar-refractivity contribution < 1.29 is 19.1 Å². The molecule has 0 aromatic heterocycles. The molecule has 2 atom stereocenters. The predicted molar refractivity (Wildman–Crippen MR) is 100 cm³/mol. The molecule has 134 valence electrons. The minimum atomic E-state index is -0.677. The van der Waals surface area contributed by atoms with Gasteiger partial charge in [0.05, 0.1) is 19.8 Å². The smallest absolute Gasteiger partial charge is 0.336 e. The Bertz CT molecular complexity index is 937. The van der Waals surface area contributed by atoms with E-state index in [1.165, 1.54) is 14.2 Å². The quantitative estimate of drug-likeness (QED) is 0.792. The van der Waals surface area contributed by atoms with E-state index in [2.05, 4.69) is 4.99 Å². The van der Waals surface area contributed by atoms with E-state index in [1.807, 2.05) is 42.5 Å². The maximum Gasteiger partial charge on any atom is 0.336 e. The fourth-order valence-electron chi connectivity index (χ4n) is 3.70. The molecule has 2 aromatic carbocycles. The highest BCUT2D eigenvalue weighted by Crippen LogP contribution is 2.42. The van der Waals surface area contributed by atoms with Crippen LogP contribution in [0.5, 0.6) is 0 Å². The Hall–Kier alpha value is -2.95. The van der Waals surface area contributed by atoms with Crippen molar-refractivity contribution in [3.8, 4) is 0 Å². The van der Waals surface area contributed by atoms with Crippen LogP contribution in [0.3, 0.4) is 0 Å². The van der Waals surface area contributed by atoms with Gasteiger partial charge in [0.25, 0.3) is 0 Å². The third kappa shape index (κ3) is 2.90. The molecule has 0 N–H and O–H groups in total. The molecule has 3 rings (SSSR count). The monoisotopic (exact) mass is 351 g/mol. The Morgan fingerprint density at radius 2 is 1.65 bits per heavy atom. The van der Waals surface area contributed by atoms with E-state index in [0.717, 1.165) is 16.3 Å². The first-order valence-electron chi connectivity index (χ1n) is 8.39. The molecule has 0 fully saturated rings. The number of aliphatic imine (C=N–C) groups is 1. The number of carbonyl (C=O) groups is 2. The lowest BCUT2D eigenvalue weighted by molar-refractivity contribution is -0.143. The SMILES string of the molecule is COC(=O)C1=C(C)N=C(C)C(C(=O)OC)C1c1cccc2ccccc12. The topological polar surface area (TPSA) is 65.0 Å². The molecule has 0 radical (unpaired) electrons. The molecule has 0 spiro atoms. The Morgan fingerprint density at radius 3 is 2.35 bits per heavy atom. The van der Waals surface area contributed by atoms with E-state index in [4.69, 9.17) is 9.47 Å². The van der Waals surface area contributed by atoms with Crippen LogP contribution in [0.1, 0.15) is 25.3 Å². The number of allylic oxidation sites excluding steroid dienone is 1. The fourth-order valence-corrected chi connectivity index (χ4v) is 3.70. The van der Waals surface area contributed by atoms with Gasteiger partial charge in [0, 0.05) is 17.3 Å². The number of carbonyl (C=O) groups excluding carboxylic acids is 2. The predicted octanol–water partition coefficient (Wildman–Crippen LogP) is 3.63. The van der Waals surface area contributed by atoms with Crippen LogP contribution in [0.2, 0.25) is 0 Å². The zero-order chi connectivity index (χ0) is 18.8. The number of nitrogens with zero attached hydrogens (tertiary/aromatic N) is 1. The molecule has 0 bridgehead atoms. The van der Waals surface area contributed by atoms with Crippen LogP contribution in [-0.4, -0.2) is 31.9 Å². The van der Waals surface area contributed by atoms with Crippen molar-refractivity contribution in [2.75, 3.05) is 14.2 Å².